The normalized spacial score (nSPS) is 13.4. The second kappa shape index (κ2) is 18.8. The molecule has 0 aliphatic heterocycles. The molecule has 0 radical (unpaired) electrons. The van der Waals surface area contributed by atoms with Crippen LogP contribution in [0.1, 0.15) is 29.0 Å². The molecule has 1 atom stereocenters. The number of hydrogen-bond acceptors (Lipinski definition) is 1. The van der Waals surface area contributed by atoms with Crippen LogP contribution in [0.15, 0.2) is 291 Å². The lowest BCUT2D eigenvalue weighted by atomic mass is 9.74. The molecule has 352 valence electrons. The van der Waals surface area contributed by atoms with Crippen molar-refractivity contribution in [2.75, 3.05) is 4.90 Å². The van der Waals surface area contributed by atoms with Gasteiger partial charge in [0.2, 0.25) is 0 Å². The Kier molecular flexibility index (Phi) is 11.1. The first-order valence-electron chi connectivity index (χ1n) is 26.2. The molecule has 0 aromatic heterocycles. The maximum atomic E-state index is 2.45. The molecular formula is C74H51N. The van der Waals surface area contributed by atoms with E-state index < -0.39 is 0 Å². The smallest absolute Gasteiger partial charge is 0.0468 e. The van der Waals surface area contributed by atoms with Crippen LogP contribution in [0.4, 0.5) is 17.1 Å². The maximum Gasteiger partial charge on any atom is 0.0468 e. The number of rotatable bonds is 9. The van der Waals surface area contributed by atoms with Gasteiger partial charge in [-0.05, 0) is 164 Å². The Morgan fingerprint density at radius 2 is 0.693 bits per heavy atom. The second-order valence-corrected chi connectivity index (χ2v) is 19.9. The molecule has 0 saturated carbocycles. The minimum Gasteiger partial charge on any atom is -0.310 e. The molecule has 1 aliphatic carbocycles. The van der Waals surface area contributed by atoms with E-state index in [4.69, 9.17) is 0 Å². The molecule has 75 heavy (non-hydrogen) atoms. The van der Waals surface area contributed by atoms with Gasteiger partial charge in [0.1, 0.15) is 0 Å². The molecule has 0 fully saturated rings. The van der Waals surface area contributed by atoms with Crippen LogP contribution >= 0.6 is 0 Å². The summed E-state index contributed by atoms with van der Waals surface area (Å²) >= 11 is 0. The highest BCUT2D eigenvalue weighted by Crippen LogP contribution is 2.44. The van der Waals surface area contributed by atoms with Gasteiger partial charge in [-0.1, -0.05) is 249 Å². The van der Waals surface area contributed by atoms with Gasteiger partial charge in [0.25, 0.3) is 0 Å². The van der Waals surface area contributed by atoms with Gasteiger partial charge in [-0.3, -0.25) is 0 Å². The maximum absolute atomic E-state index is 2.45. The highest BCUT2D eigenvalue weighted by molar-refractivity contribution is 6.14. The minimum atomic E-state index is 0.0734. The monoisotopic (exact) mass is 953 g/mol. The summed E-state index contributed by atoms with van der Waals surface area (Å²) in [5.41, 5.74) is 17.1. The zero-order valence-electron chi connectivity index (χ0n) is 41.4. The van der Waals surface area contributed by atoms with Crippen molar-refractivity contribution >= 4 is 71.3 Å². The van der Waals surface area contributed by atoms with Crippen molar-refractivity contribution < 1.29 is 0 Å². The average Bonchev–Trinajstić information content (AvgIpc) is 3.55. The van der Waals surface area contributed by atoms with Crippen LogP contribution < -0.4 is 15.3 Å². The third-order valence-electron chi connectivity index (χ3n) is 15.7. The molecule has 0 spiro atoms. The number of nitrogens with zero attached hydrogens (tertiary/aromatic N) is 1. The lowest BCUT2D eigenvalue weighted by molar-refractivity contribution is 0.876. The number of hydrogen-bond donors (Lipinski definition) is 0. The van der Waals surface area contributed by atoms with Crippen LogP contribution in [-0.2, 0) is 0 Å². The fraction of sp³-hybridized carbons (Fsp3) is 0.0270. The number of fused-ring (bicyclic) bond motifs is 9. The van der Waals surface area contributed by atoms with Crippen LogP contribution in [0.2, 0.25) is 0 Å². The van der Waals surface area contributed by atoms with Crippen molar-refractivity contribution in [3.63, 3.8) is 0 Å². The molecule has 1 heteroatoms. The molecule has 13 aromatic rings. The summed E-state index contributed by atoms with van der Waals surface area (Å²) in [5.74, 6) is 0.0734. The summed E-state index contributed by atoms with van der Waals surface area (Å²) in [4.78, 5) is 2.42. The van der Waals surface area contributed by atoms with Crippen molar-refractivity contribution in [1.29, 1.82) is 0 Å². The fourth-order valence-electron chi connectivity index (χ4n) is 12.1. The largest absolute Gasteiger partial charge is 0.310 e. The van der Waals surface area contributed by atoms with Gasteiger partial charge in [0.15, 0.2) is 0 Å². The molecule has 0 amide bonds. The van der Waals surface area contributed by atoms with Gasteiger partial charge in [-0.25, -0.2) is 0 Å². The lowest BCUT2D eigenvalue weighted by Crippen LogP contribution is -2.37. The molecule has 0 heterocycles. The van der Waals surface area contributed by atoms with Crippen LogP contribution in [0.5, 0.6) is 0 Å². The van der Waals surface area contributed by atoms with E-state index in [0.717, 1.165) is 23.5 Å². The molecule has 13 aromatic carbocycles. The predicted molar refractivity (Wildman–Crippen MR) is 318 cm³/mol. The van der Waals surface area contributed by atoms with E-state index in [1.165, 1.54) is 115 Å². The minimum absolute atomic E-state index is 0.0734. The standard InChI is InChI=1S/C74H51N/c1-5-19-50(20-6-1)52-37-41-59(42-38-52)75(60-43-39-53(40-44-60)51-21-7-2-8-22-51)61-45-46-67-71(48-61)65-31-17-18-32-66(65)73-70(54-23-9-3-10-24-54)49-69(72(74(67)73)57-25-11-4-12-26-57)56-35-33-55(34-36-56)68-47-58-27-13-14-28-62(58)63-29-15-16-30-64(63)68/h1-48,69H,49H2. The van der Waals surface area contributed by atoms with E-state index in [2.05, 4.69) is 296 Å². The SMILES string of the molecule is c1ccc(C2=c3c(c4ccc(N(c5ccc(-c6ccccc6)cc5)c5ccc(-c6ccccc6)cc5)cc4c4ccccc34)=C(c3ccccc3)C(c3ccc(-c4cc5ccccc5c5ccccc45)cc3)C2)cc1. The van der Waals surface area contributed by atoms with Crippen molar-refractivity contribution in [3.05, 3.63) is 318 Å². The lowest BCUT2D eigenvalue weighted by Gasteiger charge is -2.30. The fourth-order valence-corrected chi connectivity index (χ4v) is 12.1. The van der Waals surface area contributed by atoms with E-state index >= 15 is 0 Å². The second-order valence-electron chi connectivity index (χ2n) is 19.9. The van der Waals surface area contributed by atoms with Gasteiger partial charge in [-0.2, -0.15) is 0 Å². The Hall–Kier alpha value is -9.56. The highest BCUT2D eigenvalue weighted by Gasteiger charge is 2.29. The Bertz CT molecular complexity index is 4290. The van der Waals surface area contributed by atoms with Gasteiger partial charge < -0.3 is 4.90 Å². The van der Waals surface area contributed by atoms with Crippen molar-refractivity contribution in [1.82, 2.24) is 0 Å². The van der Waals surface area contributed by atoms with Crippen LogP contribution in [0, 0.1) is 0 Å². The quantitative estimate of drug-likeness (QED) is 0.130. The van der Waals surface area contributed by atoms with Crippen LogP contribution in [0.25, 0.3) is 87.6 Å². The Labute approximate surface area is 437 Å². The van der Waals surface area contributed by atoms with Gasteiger partial charge in [0.05, 0.1) is 0 Å². The zero-order chi connectivity index (χ0) is 49.7. The van der Waals surface area contributed by atoms with Crippen molar-refractivity contribution in [2.24, 2.45) is 0 Å². The number of anilines is 3. The summed E-state index contributed by atoms with van der Waals surface area (Å²) in [7, 11) is 0. The van der Waals surface area contributed by atoms with Gasteiger partial charge >= 0.3 is 0 Å². The van der Waals surface area contributed by atoms with E-state index in [1.807, 2.05) is 0 Å². The van der Waals surface area contributed by atoms with Crippen molar-refractivity contribution in [3.8, 4) is 33.4 Å². The van der Waals surface area contributed by atoms with E-state index in [1.54, 1.807) is 0 Å². The zero-order valence-corrected chi connectivity index (χ0v) is 41.4. The third-order valence-corrected chi connectivity index (χ3v) is 15.7. The molecule has 0 bridgehead atoms. The summed E-state index contributed by atoms with van der Waals surface area (Å²) in [5, 5.41) is 12.7. The van der Waals surface area contributed by atoms with E-state index in [9.17, 15) is 0 Å². The molecule has 0 N–H and O–H groups in total. The molecule has 1 aliphatic rings. The Morgan fingerprint density at radius 1 is 0.267 bits per heavy atom. The predicted octanol–water partition coefficient (Wildman–Crippen LogP) is 18.4. The average molecular weight is 954 g/mol. The molecular weight excluding hydrogens is 903 g/mol. The van der Waals surface area contributed by atoms with Crippen LogP contribution in [-0.4, -0.2) is 0 Å². The summed E-state index contributed by atoms with van der Waals surface area (Å²) < 4.78 is 0. The molecule has 1 unspecified atom stereocenters. The third kappa shape index (κ3) is 7.89. The summed E-state index contributed by atoms with van der Waals surface area (Å²) in [6.07, 6.45) is 0.860. The molecule has 0 saturated heterocycles. The summed E-state index contributed by atoms with van der Waals surface area (Å²) in [6, 6.07) is 108. The molecule has 1 nitrogen and oxygen atoms in total. The first-order valence-corrected chi connectivity index (χ1v) is 26.2. The molecule has 14 rings (SSSR count). The van der Waals surface area contributed by atoms with Crippen molar-refractivity contribution in [2.45, 2.75) is 12.3 Å². The summed E-state index contributed by atoms with van der Waals surface area (Å²) in [6.45, 7) is 0. The highest BCUT2D eigenvalue weighted by atomic mass is 15.1. The number of benzene rings is 13. The van der Waals surface area contributed by atoms with Gasteiger partial charge in [0, 0.05) is 23.0 Å². The Morgan fingerprint density at radius 3 is 1.28 bits per heavy atom. The topological polar surface area (TPSA) is 3.24 Å². The van der Waals surface area contributed by atoms with Gasteiger partial charge in [-0.15, -0.1) is 0 Å². The van der Waals surface area contributed by atoms with E-state index in [-0.39, 0.29) is 5.92 Å². The Balaban J connectivity index is 1.00. The first-order chi connectivity index (χ1) is 37.2. The van der Waals surface area contributed by atoms with Crippen LogP contribution in [0.3, 0.4) is 0 Å². The first kappa shape index (κ1) is 44.2. The van der Waals surface area contributed by atoms with E-state index in [0.29, 0.717) is 0 Å².